The van der Waals surface area contributed by atoms with Gasteiger partial charge in [-0.3, -0.25) is 0 Å². The van der Waals surface area contributed by atoms with Gasteiger partial charge in [-0.05, 0) is 135 Å². The van der Waals surface area contributed by atoms with Crippen molar-refractivity contribution in [3.63, 3.8) is 0 Å². The second kappa shape index (κ2) is 11.5. The van der Waals surface area contributed by atoms with E-state index in [0.717, 1.165) is 11.2 Å². The van der Waals surface area contributed by atoms with Gasteiger partial charge in [0.25, 0.3) is 0 Å². The molecule has 0 aliphatic heterocycles. The molecule has 0 fully saturated rings. The van der Waals surface area contributed by atoms with Crippen LogP contribution in [0.4, 0.5) is 0 Å². The van der Waals surface area contributed by atoms with E-state index in [0.29, 0.717) is 0 Å². The van der Waals surface area contributed by atoms with Gasteiger partial charge in [0.15, 0.2) is 0 Å². The molecule has 0 bridgehead atoms. The Kier molecular flexibility index (Phi) is 6.46. The first-order chi connectivity index (χ1) is 27.5. The quantitative estimate of drug-likeness (QED) is 0.166. The summed E-state index contributed by atoms with van der Waals surface area (Å²) in [5.41, 5.74) is 14.5. The standard InChI is InChI=1S/C55H36O/c1-55(2)48-32-36-15-4-3-14-35(36)30-46(48)45-26-28-50-53(54(45)55)47-31-37(25-27-49(47)56-50)34-17-11-18-38(29-34)51-41-20-7-9-22-43(41)52(44-23-10-8-21-42(44)51)40-24-12-16-33-13-5-6-19-39(33)40/h3-32H,1-2H3. The van der Waals surface area contributed by atoms with Gasteiger partial charge in [-0.15, -0.1) is 0 Å². The molecule has 1 nitrogen and oxygen atoms in total. The third-order valence-electron chi connectivity index (χ3n) is 12.6. The zero-order valence-electron chi connectivity index (χ0n) is 31.2. The van der Waals surface area contributed by atoms with Crippen LogP contribution in [0.5, 0.6) is 0 Å². The molecule has 0 saturated carbocycles. The van der Waals surface area contributed by atoms with Crippen LogP contribution in [0.25, 0.3) is 110 Å². The van der Waals surface area contributed by atoms with Crippen LogP contribution in [0.2, 0.25) is 0 Å². The van der Waals surface area contributed by atoms with Crippen molar-refractivity contribution in [3.8, 4) is 44.5 Å². The van der Waals surface area contributed by atoms with Crippen LogP contribution in [-0.4, -0.2) is 0 Å². The number of fused-ring (bicyclic) bond motifs is 11. The van der Waals surface area contributed by atoms with Crippen molar-refractivity contribution in [2.45, 2.75) is 19.3 Å². The first-order valence-corrected chi connectivity index (χ1v) is 19.6. The lowest BCUT2D eigenvalue weighted by atomic mass is 9.80. The van der Waals surface area contributed by atoms with E-state index >= 15 is 0 Å². The van der Waals surface area contributed by atoms with Crippen molar-refractivity contribution >= 4 is 65.0 Å². The van der Waals surface area contributed by atoms with Crippen LogP contribution in [0.15, 0.2) is 186 Å². The molecule has 1 aliphatic carbocycles. The van der Waals surface area contributed by atoms with Crippen molar-refractivity contribution in [1.29, 1.82) is 0 Å². The zero-order valence-corrected chi connectivity index (χ0v) is 31.2. The van der Waals surface area contributed by atoms with Crippen molar-refractivity contribution in [3.05, 3.63) is 193 Å². The van der Waals surface area contributed by atoms with Crippen molar-refractivity contribution in [1.82, 2.24) is 0 Å². The lowest BCUT2D eigenvalue weighted by Gasteiger charge is -2.22. The average molecular weight is 713 g/mol. The predicted molar refractivity (Wildman–Crippen MR) is 238 cm³/mol. The number of rotatable bonds is 3. The van der Waals surface area contributed by atoms with Crippen LogP contribution in [0, 0.1) is 0 Å². The molecule has 11 aromatic rings. The Morgan fingerprint density at radius 1 is 0.357 bits per heavy atom. The summed E-state index contributed by atoms with van der Waals surface area (Å²) in [4.78, 5) is 0. The molecule has 0 N–H and O–H groups in total. The van der Waals surface area contributed by atoms with Gasteiger partial charge in [0.05, 0.1) is 0 Å². The maximum absolute atomic E-state index is 6.60. The summed E-state index contributed by atoms with van der Waals surface area (Å²) in [6.45, 7) is 4.75. The summed E-state index contributed by atoms with van der Waals surface area (Å²) >= 11 is 0. The Morgan fingerprint density at radius 3 is 1.68 bits per heavy atom. The number of furan rings is 1. The molecule has 0 spiro atoms. The lowest BCUT2D eigenvalue weighted by molar-refractivity contribution is 0.657. The molecule has 56 heavy (non-hydrogen) atoms. The number of benzene rings is 10. The third kappa shape index (κ3) is 4.37. The molecule has 1 aromatic heterocycles. The van der Waals surface area contributed by atoms with Gasteiger partial charge < -0.3 is 4.42 Å². The van der Waals surface area contributed by atoms with Gasteiger partial charge in [-0.2, -0.15) is 0 Å². The second-order valence-electron chi connectivity index (χ2n) is 16.0. The molecule has 1 heterocycles. The highest BCUT2D eigenvalue weighted by molar-refractivity contribution is 6.23. The Bertz CT molecular complexity index is 3390. The maximum Gasteiger partial charge on any atom is 0.135 e. The van der Waals surface area contributed by atoms with Gasteiger partial charge >= 0.3 is 0 Å². The molecule has 10 aromatic carbocycles. The monoisotopic (exact) mass is 712 g/mol. The smallest absolute Gasteiger partial charge is 0.135 e. The van der Waals surface area contributed by atoms with Crippen molar-refractivity contribution < 1.29 is 4.42 Å². The predicted octanol–water partition coefficient (Wildman–Crippen LogP) is 15.5. The molecule has 1 heteroatoms. The summed E-state index contributed by atoms with van der Waals surface area (Å²) in [7, 11) is 0. The molecular formula is C55H36O. The maximum atomic E-state index is 6.60. The van der Waals surface area contributed by atoms with E-state index in [1.54, 1.807) is 0 Å². The number of hydrogen-bond donors (Lipinski definition) is 0. The van der Waals surface area contributed by atoms with Gasteiger partial charge in [0.1, 0.15) is 11.2 Å². The Morgan fingerprint density at radius 2 is 0.929 bits per heavy atom. The van der Waals surface area contributed by atoms with Gasteiger partial charge in [0, 0.05) is 16.2 Å². The molecule has 0 amide bonds. The SMILES string of the molecule is CC1(C)c2cc3ccccc3cc2-c2ccc3oc4ccc(-c5cccc(-c6c7ccccc7c(-c7cccc8ccccc78)c7ccccc67)c5)cc4c3c21. The highest BCUT2D eigenvalue weighted by atomic mass is 16.3. The van der Waals surface area contributed by atoms with E-state index in [1.165, 1.54) is 109 Å². The third-order valence-corrected chi connectivity index (χ3v) is 12.6. The number of hydrogen-bond acceptors (Lipinski definition) is 1. The minimum absolute atomic E-state index is 0.179. The fourth-order valence-corrected chi connectivity index (χ4v) is 10.1. The van der Waals surface area contributed by atoms with Crippen LogP contribution in [-0.2, 0) is 5.41 Å². The highest BCUT2D eigenvalue weighted by Crippen LogP contribution is 2.54. The first-order valence-electron chi connectivity index (χ1n) is 19.6. The fraction of sp³-hybridized carbons (Fsp3) is 0.0545. The minimum atomic E-state index is -0.179. The molecule has 1 aliphatic rings. The van der Waals surface area contributed by atoms with E-state index in [1.807, 2.05) is 0 Å². The van der Waals surface area contributed by atoms with Crippen LogP contribution < -0.4 is 0 Å². The van der Waals surface area contributed by atoms with Crippen LogP contribution >= 0.6 is 0 Å². The normalized spacial score (nSPS) is 13.3. The summed E-state index contributed by atoms with van der Waals surface area (Å²) in [6.07, 6.45) is 0. The van der Waals surface area contributed by atoms with Crippen molar-refractivity contribution in [2.24, 2.45) is 0 Å². The fourth-order valence-electron chi connectivity index (χ4n) is 10.1. The van der Waals surface area contributed by atoms with E-state index in [2.05, 4.69) is 196 Å². The Labute approximate surface area is 325 Å². The summed E-state index contributed by atoms with van der Waals surface area (Å²) < 4.78 is 6.60. The summed E-state index contributed by atoms with van der Waals surface area (Å²) in [5, 5.41) is 12.5. The van der Waals surface area contributed by atoms with Crippen molar-refractivity contribution in [2.75, 3.05) is 0 Å². The topological polar surface area (TPSA) is 13.1 Å². The summed E-state index contributed by atoms with van der Waals surface area (Å²) in [6, 6.07) is 67.1. The molecular weight excluding hydrogens is 677 g/mol. The molecule has 12 rings (SSSR count). The molecule has 0 saturated heterocycles. The van der Waals surface area contributed by atoms with Gasteiger partial charge in [-0.1, -0.05) is 159 Å². The summed E-state index contributed by atoms with van der Waals surface area (Å²) in [5.74, 6) is 0. The van der Waals surface area contributed by atoms with E-state index in [9.17, 15) is 0 Å². The Balaban J connectivity index is 1.06. The Hall–Kier alpha value is -6.96. The molecule has 262 valence electrons. The molecule has 0 radical (unpaired) electrons. The van der Waals surface area contributed by atoms with Gasteiger partial charge in [0.2, 0.25) is 0 Å². The first kappa shape index (κ1) is 31.4. The zero-order chi connectivity index (χ0) is 37.1. The van der Waals surface area contributed by atoms with E-state index in [4.69, 9.17) is 4.42 Å². The molecule has 0 unspecified atom stereocenters. The van der Waals surface area contributed by atoms with Crippen LogP contribution in [0.3, 0.4) is 0 Å². The lowest BCUT2D eigenvalue weighted by Crippen LogP contribution is -2.15. The van der Waals surface area contributed by atoms with E-state index in [-0.39, 0.29) is 5.41 Å². The van der Waals surface area contributed by atoms with Crippen LogP contribution in [0.1, 0.15) is 25.0 Å². The average Bonchev–Trinajstić information content (AvgIpc) is 3.72. The molecule has 0 atom stereocenters. The van der Waals surface area contributed by atoms with Gasteiger partial charge in [-0.25, -0.2) is 0 Å². The second-order valence-corrected chi connectivity index (χ2v) is 16.0. The highest BCUT2D eigenvalue weighted by Gasteiger charge is 2.38. The minimum Gasteiger partial charge on any atom is -0.456 e. The van der Waals surface area contributed by atoms with E-state index < -0.39 is 0 Å². The largest absolute Gasteiger partial charge is 0.456 e.